The van der Waals surface area contributed by atoms with Crippen LogP contribution in [0.4, 0.5) is 11.6 Å². The molecule has 0 aliphatic carbocycles. The number of anilines is 2. The summed E-state index contributed by atoms with van der Waals surface area (Å²) in [5, 5.41) is 4.30. The second-order valence-corrected chi connectivity index (χ2v) is 7.58. The predicted molar refractivity (Wildman–Crippen MR) is 127 cm³/mol. The number of aryl methyl sites for hydroxylation is 1. The fourth-order valence-corrected chi connectivity index (χ4v) is 3.33. The lowest BCUT2D eigenvalue weighted by molar-refractivity contribution is 0.207. The van der Waals surface area contributed by atoms with E-state index in [0.29, 0.717) is 37.4 Å². The second-order valence-electron chi connectivity index (χ2n) is 7.58. The first-order valence-corrected chi connectivity index (χ1v) is 11.1. The van der Waals surface area contributed by atoms with Crippen molar-refractivity contribution in [3.8, 4) is 6.01 Å². The highest BCUT2D eigenvalue weighted by Crippen LogP contribution is 2.15. The summed E-state index contributed by atoms with van der Waals surface area (Å²) >= 11 is 0. The molecule has 0 radical (unpaired) electrons. The number of ether oxygens (including phenoxy) is 2. The zero-order valence-electron chi connectivity index (χ0n) is 19.3. The van der Waals surface area contributed by atoms with Crippen molar-refractivity contribution in [2.75, 3.05) is 49.7 Å². The van der Waals surface area contributed by atoms with Gasteiger partial charge in [0.05, 0.1) is 25.0 Å². The number of hydrogen-bond acceptors (Lipinski definition) is 9. The Morgan fingerprint density at radius 2 is 2.06 bits per heavy atom. The molecule has 3 rings (SSSR count). The van der Waals surface area contributed by atoms with Crippen molar-refractivity contribution >= 4 is 17.9 Å². The summed E-state index contributed by atoms with van der Waals surface area (Å²) in [6.45, 7) is 14.5. The lowest BCUT2D eigenvalue weighted by Gasteiger charge is -2.22. The van der Waals surface area contributed by atoms with Crippen LogP contribution in [-0.2, 0) is 4.74 Å². The van der Waals surface area contributed by atoms with Gasteiger partial charge in [0, 0.05) is 13.1 Å². The van der Waals surface area contributed by atoms with E-state index in [1.165, 1.54) is 0 Å². The van der Waals surface area contributed by atoms with Crippen LogP contribution in [0.3, 0.4) is 0 Å². The molecule has 1 saturated heterocycles. The molecule has 2 heterocycles. The van der Waals surface area contributed by atoms with E-state index < -0.39 is 0 Å². The van der Waals surface area contributed by atoms with E-state index in [0.717, 1.165) is 43.7 Å². The molecular weight excluding hydrogens is 406 g/mol. The highest BCUT2D eigenvalue weighted by atomic mass is 16.5. The molecule has 0 bridgehead atoms. The van der Waals surface area contributed by atoms with Gasteiger partial charge in [-0.3, -0.25) is 5.43 Å². The van der Waals surface area contributed by atoms with E-state index in [-0.39, 0.29) is 6.01 Å². The molecule has 0 saturated carbocycles. The first-order valence-electron chi connectivity index (χ1n) is 11.1. The van der Waals surface area contributed by atoms with Crippen molar-refractivity contribution in [1.29, 1.82) is 0 Å². The Labute approximate surface area is 190 Å². The Morgan fingerprint density at radius 1 is 1.25 bits per heavy atom. The Morgan fingerprint density at radius 3 is 2.75 bits per heavy atom. The van der Waals surface area contributed by atoms with Gasteiger partial charge in [-0.25, -0.2) is 0 Å². The van der Waals surface area contributed by atoms with Crippen LogP contribution < -0.4 is 15.1 Å². The number of benzene rings is 1. The molecule has 1 aliphatic heterocycles. The highest BCUT2D eigenvalue weighted by Gasteiger charge is 2.17. The van der Waals surface area contributed by atoms with E-state index >= 15 is 0 Å². The van der Waals surface area contributed by atoms with Crippen LogP contribution in [0.25, 0.3) is 0 Å². The molecule has 1 aliphatic rings. The first-order chi connectivity index (χ1) is 15.6. The molecule has 1 aromatic heterocycles. The SMILES string of the molecule is C=C1OCCN1CCOc1nc(/C=N/Nc2cccc(C)c2)nc(N(CCC)CCC)n1. The third-order valence-corrected chi connectivity index (χ3v) is 4.86. The molecule has 1 fully saturated rings. The first kappa shape index (κ1) is 23.3. The number of nitrogens with zero attached hydrogens (tertiary/aromatic N) is 6. The van der Waals surface area contributed by atoms with Crippen LogP contribution >= 0.6 is 0 Å². The summed E-state index contributed by atoms with van der Waals surface area (Å²) in [5.41, 5.74) is 5.08. The van der Waals surface area contributed by atoms with Gasteiger partial charge < -0.3 is 19.3 Å². The molecule has 0 atom stereocenters. The molecule has 1 aromatic carbocycles. The second kappa shape index (κ2) is 11.9. The number of rotatable bonds is 12. The number of hydrogen-bond donors (Lipinski definition) is 1. The molecule has 9 heteroatoms. The summed E-state index contributed by atoms with van der Waals surface area (Å²) < 4.78 is 11.3. The molecule has 0 amide bonds. The van der Waals surface area contributed by atoms with Gasteiger partial charge in [0.15, 0.2) is 11.7 Å². The van der Waals surface area contributed by atoms with E-state index in [1.807, 2.05) is 36.1 Å². The maximum absolute atomic E-state index is 5.88. The number of hydrazone groups is 1. The van der Waals surface area contributed by atoms with Crippen molar-refractivity contribution in [2.45, 2.75) is 33.6 Å². The van der Waals surface area contributed by atoms with E-state index in [2.05, 4.69) is 50.8 Å². The summed E-state index contributed by atoms with van der Waals surface area (Å²) in [7, 11) is 0. The molecular formula is C23H33N7O2. The minimum atomic E-state index is 0.287. The van der Waals surface area contributed by atoms with Gasteiger partial charge in [-0.05, 0) is 44.0 Å². The van der Waals surface area contributed by atoms with Crippen LogP contribution in [0, 0.1) is 6.92 Å². The molecule has 9 nitrogen and oxygen atoms in total. The van der Waals surface area contributed by atoms with Crippen molar-refractivity contribution < 1.29 is 9.47 Å². The van der Waals surface area contributed by atoms with Gasteiger partial charge in [-0.1, -0.05) is 26.0 Å². The monoisotopic (exact) mass is 439 g/mol. The standard InChI is InChI=1S/C23H33N7O2/c1-5-10-30(11-6-2)22-25-21(17-24-28-20-9-7-8-18(3)16-20)26-23(27-22)32-15-13-29-12-14-31-19(29)4/h7-9,16-17,28H,4-6,10-15H2,1-3H3/b24-17+. The largest absolute Gasteiger partial charge is 0.478 e. The van der Waals surface area contributed by atoms with E-state index in [1.54, 1.807) is 6.21 Å². The van der Waals surface area contributed by atoms with Gasteiger partial charge in [-0.2, -0.15) is 20.1 Å². The van der Waals surface area contributed by atoms with Crippen LogP contribution in [-0.4, -0.2) is 65.5 Å². The molecule has 2 aromatic rings. The topological polar surface area (TPSA) is 88.0 Å². The van der Waals surface area contributed by atoms with E-state index in [4.69, 9.17) is 9.47 Å². The van der Waals surface area contributed by atoms with Gasteiger partial charge in [0.1, 0.15) is 13.2 Å². The highest BCUT2D eigenvalue weighted by molar-refractivity contribution is 5.75. The molecule has 1 N–H and O–H groups in total. The number of nitrogens with one attached hydrogen (secondary N) is 1. The number of aromatic nitrogens is 3. The quantitative estimate of drug-likeness (QED) is 0.398. The van der Waals surface area contributed by atoms with Crippen LogP contribution in [0.1, 0.15) is 38.1 Å². The molecule has 0 spiro atoms. The van der Waals surface area contributed by atoms with Crippen molar-refractivity contribution in [1.82, 2.24) is 19.9 Å². The van der Waals surface area contributed by atoms with Crippen LogP contribution in [0.2, 0.25) is 0 Å². The fraction of sp³-hybridized carbons (Fsp3) is 0.478. The van der Waals surface area contributed by atoms with Gasteiger partial charge in [0.2, 0.25) is 5.95 Å². The zero-order chi connectivity index (χ0) is 22.8. The molecule has 172 valence electrons. The Hall–Kier alpha value is -3.36. The average molecular weight is 440 g/mol. The maximum atomic E-state index is 5.88. The van der Waals surface area contributed by atoms with Crippen molar-refractivity contribution in [3.63, 3.8) is 0 Å². The van der Waals surface area contributed by atoms with Crippen molar-refractivity contribution in [3.05, 3.63) is 48.1 Å². The Balaban J connectivity index is 1.74. The predicted octanol–water partition coefficient (Wildman–Crippen LogP) is 3.43. The van der Waals surface area contributed by atoms with E-state index in [9.17, 15) is 0 Å². The summed E-state index contributed by atoms with van der Waals surface area (Å²) in [5.74, 6) is 1.72. The van der Waals surface area contributed by atoms with Crippen LogP contribution in [0.5, 0.6) is 6.01 Å². The van der Waals surface area contributed by atoms with Gasteiger partial charge in [0.25, 0.3) is 0 Å². The minimum Gasteiger partial charge on any atom is -0.478 e. The normalized spacial score (nSPS) is 13.5. The molecule has 32 heavy (non-hydrogen) atoms. The lowest BCUT2D eigenvalue weighted by atomic mass is 10.2. The third kappa shape index (κ3) is 6.83. The minimum absolute atomic E-state index is 0.287. The zero-order valence-corrected chi connectivity index (χ0v) is 19.3. The third-order valence-electron chi connectivity index (χ3n) is 4.86. The molecule has 0 unspecified atom stereocenters. The Bertz CT molecular complexity index is 913. The average Bonchev–Trinajstić information content (AvgIpc) is 3.18. The Kier molecular flexibility index (Phi) is 8.65. The van der Waals surface area contributed by atoms with Crippen LogP contribution in [0.15, 0.2) is 41.8 Å². The van der Waals surface area contributed by atoms with Crippen molar-refractivity contribution in [2.24, 2.45) is 5.10 Å². The maximum Gasteiger partial charge on any atom is 0.321 e. The lowest BCUT2D eigenvalue weighted by Crippen LogP contribution is -2.28. The summed E-state index contributed by atoms with van der Waals surface area (Å²) in [4.78, 5) is 17.8. The van der Waals surface area contributed by atoms with Gasteiger partial charge in [-0.15, -0.1) is 0 Å². The smallest absolute Gasteiger partial charge is 0.321 e. The summed E-state index contributed by atoms with van der Waals surface area (Å²) in [6.07, 6.45) is 3.58. The summed E-state index contributed by atoms with van der Waals surface area (Å²) in [6, 6.07) is 8.28. The fourth-order valence-electron chi connectivity index (χ4n) is 3.33. The van der Waals surface area contributed by atoms with Gasteiger partial charge >= 0.3 is 6.01 Å².